The molecule has 0 aliphatic carbocycles. The first-order chi connectivity index (χ1) is 13.1. The molecule has 0 spiro atoms. The van der Waals surface area contributed by atoms with Crippen molar-refractivity contribution in [2.24, 2.45) is 11.5 Å². The van der Waals surface area contributed by atoms with E-state index in [0.717, 1.165) is 5.69 Å². The summed E-state index contributed by atoms with van der Waals surface area (Å²) in [6, 6.07) is 12.4. The zero-order valence-electron chi connectivity index (χ0n) is 14.4. The number of hydrogen-bond donors (Lipinski definition) is 3. The molecule has 5 N–H and O–H groups in total. The molecule has 3 rings (SSSR count). The average Bonchev–Trinajstić information content (AvgIpc) is 2.72. The molecule has 8 heteroatoms. The second-order valence-electron chi connectivity index (χ2n) is 5.70. The highest BCUT2D eigenvalue weighted by atomic mass is 16.2. The predicted octanol–water partition coefficient (Wildman–Crippen LogP) is 1.03. The Morgan fingerprint density at radius 3 is 2.63 bits per heavy atom. The molecule has 0 bridgehead atoms. The van der Waals surface area contributed by atoms with Gasteiger partial charge in [-0.2, -0.15) is 0 Å². The van der Waals surface area contributed by atoms with Crippen LogP contribution in [0.1, 0.15) is 32.2 Å². The van der Waals surface area contributed by atoms with Crippen LogP contribution in [-0.4, -0.2) is 26.8 Å². The molecule has 1 aromatic carbocycles. The van der Waals surface area contributed by atoms with Gasteiger partial charge < -0.3 is 16.8 Å². The number of aromatic nitrogens is 3. The Hall–Kier alpha value is -3.65. The number of nitrogens with one attached hydrogen (secondary N) is 1. The van der Waals surface area contributed by atoms with Crippen LogP contribution in [0.2, 0.25) is 0 Å². The van der Waals surface area contributed by atoms with E-state index in [-0.39, 0.29) is 18.1 Å². The first-order valence-electron chi connectivity index (χ1n) is 8.23. The van der Waals surface area contributed by atoms with E-state index in [1.807, 2.05) is 18.2 Å². The maximum Gasteiger partial charge on any atom is 0.269 e. The van der Waals surface area contributed by atoms with Crippen molar-refractivity contribution >= 4 is 11.8 Å². The second kappa shape index (κ2) is 8.15. The number of nitrogens with two attached hydrogens (primary N) is 2. The standard InChI is InChI=1S/C19H18N6O2/c20-9-15-17(18(21)26)25-16(11-23-15)12-4-3-5-13(8-12)19(27)24-10-14-6-1-2-7-22-14/h1-8,11H,9-10,20H2,(H2,21,26)(H,24,27). The number of carbonyl (C=O) groups excluding carboxylic acids is 2. The molecule has 8 nitrogen and oxygen atoms in total. The van der Waals surface area contributed by atoms with Crippen molar-refractivity contribution in [3.05, 3.63) is 77.5 Å². The Kier molecular flexibility index (Phi) is 5.48. The van der Waals surface area contributed by atoms with Crippen LogP contribution in [0.3, 0.4) is 0 Å². The Morgan fingerprint density at radius 2 is 1.93 bits per heavy atom. The van der Waals surface area contributed by atoms with Gasteiger partial charge in [0.15, 0.2) is 5.69 Å². The van der Waals surface area contributed by atoms with Gasteiger partial charge in [-0.05, 0) is 24.3 Å². The first-order valence-corrected chi connectivity index (χ1v) is 8.23. The number of benzene rings is 1. The normalized spacial score (nSPS) is 10.4. The summed E-state index contributed by atoms with van der Waals surface area (Å²) in [5.41, 5.74) is 13.5. The van der Waals surface area contributed by atoms with E-state index in [4.69, 9.17) is 11.5 Å². The maximum atomic E-state index is 12.4. The molecule has 0 aliphatic heterocycles. The highest BCUT2D eigenvalue weighted by Gasteiger charge is 2.14. The Balaban J connectivity index is 1.82. The molecule has 0 aliphatic rings. The summed E-state index contributed by atoms with van der Waals surface area (Å²) in [6.07, 6.45) is 3.17. The van der Waals surface area contributed by atoms with Crippen molar-refractivity contribution < 1.29 is 9.59 Å². The number of amides is 2. The molecule has 0 radical (unpaired) electrons. The van der Waals surface area contributed by atoms with Crippen molar-refractivity contribution in [2.45, 2.75) is 13.1 Å². The van der Waals surface area contributed by atoms with Crippen LogP contribution in [0.25, 0.3) is 11.3 Å². The van der Waals surface area contributed by atoms with Gasteiger partial charge in [0, 0.05) is 23.9 Å². The number of nitrogens with zero attached hydrogens (tertiary/aromatic N) is 3. The van der Waals surface area contributed by atoms with Gasteiger partial charge in [0.25, 0.3) is 11.8 Å². The number of carbonyl (C=O) groups is 2. The molecular weight excluding hydrogens is 344 g/mol. The van der Waals surface area contributed by atoms with Gasteiger partial charge in [0.2, 0.25) is 0 Å². The lowest BCUT2D eigenvalue weighted by atomic mass is 10.1. The minimum Gasteiger partial charge on any atom is -0.364 e. The van der Waals surface area contributed by atoms with Crippen LogP contribution in [0.4, 0.5) is 0 Å². The molecule has 0 atom stereocenters. The van der Waals surface area contributed by atoms with Gasteiger partial charge in [0.05, 0.1) is 29.8 Å². The highest BCUT2D eigenvalue weighted by Crippen LogP contribution is 2.19. The summed E-state index contributed by atoms with van der Waals surface area (Å²) in [5.74, 6) is -0.946. The van der Waals surface area contributed by atoms with Crippen LogP contribution in [-0.2, 0) is 13.1 Å². The zero-order chi connectivity index (χ0) is 19.2. The first kappa shape index (κ1) is 18.2. The van der Waals surface area contributed by atoms with Crippen LogP contribution in [0.15, 0.2) is 54.9 Å². The number of hydrogen-bond acceptors (Lipinski definition) is 6. The summed E-state index contributed by atoms with van der Waals surface area (Å²) in [5, 5.41) is 2.81. The molecule has 136 valence electrons. The Morgan fingerprint density at radius 1 is 1.07 bits per heavy atom. The van der Waals surface area contributed by atoms with Crippen LogP contribution < -0.4 is 16.8 Å². The molecule has 2 amide bonds. The highest BCUT2D eigenvalue weighted by molar-refractivity contribution is 5.95. The molecule has 0 unspecified atom stereocenters. The van der Waals surface area contributed by atoms with E-state index in [2.05, 4.69) is 20.3 Å². The smallest absolute Gasteiger partial charge is 0.269 e. The summed E-state index contributed by atoms with van der Waals surface area (Å²) >= 11 is 0. The number of rotatable bonds is 6. The van der Waals surface area contributed by atoms with Gasteiger partial charge in [-0.3, -0.25) is 19.6 Å². The number of pyridine rings is 1. The van der Waals surface area contributed by atoms with Crippen molar-refractivity contribution in [3.8, 4) is 11.3 Å². The summed E-state index contributed by atoms with van der Waals surface area (Å²) < 4.78 is 0. The largest absolute Gasteiger partial charge is 0.364 e. The SMILES string of the molecule is NCc1ncc(-c2cccc(C(=O)NCc3ccccn3)c2)nc1C(N)=O. The molecule has 0 saturated carbocycles. The monoisotopic (exact) mass is 362 g/mol. The molecule has 3 aromatic rings. The fraction of sp³-hybridized carbons (Fsp3) is 0.105. The van der Waals surface area contributed by atoms with Crippen LogP contribution in [0.5, 0.6) is 0 Å². The van der Waals surface area contributed by atoms with Crippen molar-refractivity contribution in [2.75, 3.05) is 0 Å². The fourth-order valence-corrected chi connectivity index (χ4v) is 2.50. The van der Waals surface area contributed by atoms with Gasteiger partial charge in [-0.1, -0.05) is 18.2 Å². The lowest BCUT2D eigenvalue weighted by molar-refractivity contribution is 0.0949. The molecular formula is C19H18N6O2. The lowest BCUT2D eigenvalue weighted by Gasteiger charge is -2.08. The van der Waals surface area contributed by atoms with Gasteiger partial charge >= 0.3 is 0 Å². The summed E-state index contributed by atoms with van der Waals surface area (Å²) in [4.78, 5) is 36.5. The third kappa shape index (κ3) is 4.31. The van der Waals surface area contributed by atoms with Gasteiger partial charge in [0.1, 0.15) is 0 Å². The zero-order valence-corrected chi connectivity index (χ0v) is 14.4. The molecule has 0 fully saturated rings. The van der Waals surface area contributed by atoms with E-state index >= 15 is 0 Å². The molecule has 2 heterocycles. The van der Waals surface area contributed by atoms with Crippen LogP contribution >= 0.6 is 0 Å². The molecule has 27 heavy (non-hydrogen) atoms. The van der Waals surface area contributed by atoms with Crippen LogP contribution in [0, 0.1) is 0 Å². The summed E-state index contributed by atoms with van der Waals surface area (Å²) in [6.45, 7) is 0.377. The third-order valence-corrected chi connectivity index (χ3v) is 3.85. The minimum absolute atomic E-state index is 0.0278. The summed E-state index contributed by atoms with van der Waals surface area (Å²) in [7, 11) is 0. The fourth-order valence-electron chi connectivity index (χ4n) is 2.50. The molecule has 2 aromatic heterocycles. The second-order valence-corrected chi connectivity index (χ2v) is 5.70. The number of primary amides is 1. The average molecular weight is 362 g/mol. The Bertz CT molecular complexity index is 975. The van der Waals surface area contributed by atoms with E-state index < -0.39 is 5.91 Å². The van der Waals surface area contributed by atoms with Crippen molar-refractivity contribution in [1.82, 2.24) is 20.3 Å². The van der Waals surface area contributed by atoms with E-state index in [0.29, 0.717) is 29.1 Å². The minimum atomic E-state index is -0.700. The Labute approximate surface area is 155 Å². The molecule has 0 saturated heterocycles. The van der Waals surface area contributed by atoms with Gasteiger partial charge in [-0.25, -0.2) is 4.98 Å². The third-order valence-electron chi connectivity index (χ3n) is 3.85. The van der Waals surface area contributed by atoms with Crippen molar-refractivity contribution in [1.29, 1.82) is 0 Å². The predicted molar refractivity (Wildman–Crippen MR) is 99.3 cm³/mol. The lowest BCUT2D eigenvalue weighted by Crippen LogP contribution is -2.23. The van der Waals surface area contributed by atoms with E-state index in [1.54, 1.807) is 30.5 Å². The van der Waals surface area contributed by atoms with Gasteiger partial charge in [-0.15, -0.1) is 0 Å². The van der Waals surface area contributed by atoms with Crippen molar-refractivity contribution in [3.63, 3.8) is 0 Å². The van der Waals surface area contributed by atoms with E-state index in [9.17, 15) is 9.59 Å². The topological polar surface area (TPSA) is 137 Å². The quantitative estimate of drug-likeness (QED) is 0.599. The van der Waals surface area contributed by atoms with E-state index in [1.165, 1.54) is 6.20 Å². The maximum absolute atomic E-state index is 12.4.